The van der Waals surface area contributed by atoms with Gasteiger partial charge in [0.1, 0.15) is 0 Å². The van der Waals surface area contributed by atoms with E-state index in [1.165, 1.54) is 11.1 Å². The number of benzene rings is 1. The third-order valence-corrected chi connectivity index (χ3v) is 2.06. The van der Waals surface area contributed by atoms with Gasteiger partial charge in [-0.3, -0.25) is 0 Å². The van der Waals surface area contributed by atoms with Crippen LogP contribution in [0.5, 0.6) is 5.75 Å². The van der Waals surface area contributed by atoms with Crippen LogP contribution in [-0.2, 0) is 5.41 Å². The molecule has 0 aliphatic heterocycles. The molecule has 0 amide bonds. The van der Waals surface area contributed by atoms with Gasteiger partial charge in [0, 0.05) is 5.75 Å². The maximum absolute atomic E-state index is 5.27. The van der Waals surface area contributed by atoms with Gasteiger partial charge in [0.15, 0.2) is 0 Å². The molecular weight excluding hydrogens is 167 g/mol. The van der Waals surface area contributed by atoms with Gasteiger partial charge in [-0.15, -0.1) is 11.6 Å². The van der Waals surface area contributed by atoms with Gasteiger partial charge in [-0.25, -0.2) is 0 Å². The molecule has 72 valence electrons. The minimum Gasteiger partial charge on any atom is -0.522 e. The zero-order chi connectivity index (χ0) is 10.1. The van der Waals surface area contributed by atoms with E-state index in [1.807, 2.05) is 6.07 Å². The van der Waals surface area contributed by atoms with Crippen LogP contribution in [0.1, 0.15) is 31.9 Å². The number of hydrogen-bond donors (Lipinski definition) is 0. The summed E-state index contributed by atoms with van der Waals surface area (Å²) in [6, 6.07) is 7.25. The maximum Gasteiger partial charge on any atom is 1.00 e. The molecule has 0 unspecified atom stereocenters. The monoisotopic (exact) mass is 184 g/mol. The van der Waals surface area contributed by atoms with Crippen molar-refractivity contribution in [1.82, 2.24) is 0 Å². The van der Waals surface area contributed by atoms with Crippen LogP contribution in [0.4, 0.5) is 0 Å². The second-order valence-corrected chi connectivity index (χ2v) is 4.37. The molecule has 1 aromatic carbocycles. The van der Waals surface area contributed by atoms with Crippen molar-refractivity contribution < 1.29 is 23.6 Å². The molecule has 14 heavy (non-hydrogen) atoms. The van der Waals surface area contributed by atoms with E-state index in [0.29, 0.717) is 0 Å². The number of hydrogen-bond acceptors (Lipinski definition) is 1. The summed E-state index contributed by atoms with van der Waals surface area (Å²) in [5.74, 6) is 0.859. The molecule has 0 saturated carbocycles. The van der Waals surface area contributed by atoms with Crippen LogP contribution in [0.3, 0.4) is 0 Å². The Hall–Kier alpha value is -0.383. The zero-order valence-corrected chi connectivity index (χ0v) is 10.1. The minimum atomic E-state index is 0. The molecule has 0 heterocycles. The molecule has 0 radical (unpaired) electrons. The van der Waals surface area contributed by atoms with E-state index in [9.17, 15) is 0 Å². The molecule has 0 N–H and O–H groups in total. The van der Waals surface area contributed by atoms with Crippen LogP contribution in [0.2, 0.25) is 0 Å². The molecule has 0 aliphatic rings. The van der Waals surface area contributed by atoms with Gasteiger partial charge in [0.2, 0.25) is 0 Å². The number of rotatable bonds is 1. The van der Waals surface area contributed by atoms with Gasteiger partial charge < -0.3 is 4.74 Å². The van der Waals surface area contributed by atoms with Crippen molar-refractivity contribution >= 4 is 0 Å². The van der Waals surface area contributed by atoms with Crippen molar-refractivity contribution in [3.05, 3.63) is 29.3 Å². The van der Waals surface area contributed by atoms with Crippen molar-refractivity contribution in [2.75, 3.05) is 7.11 Å². The summed E-state index contributed by atoms with van der Waals surface area (Å²) in [4.78, 5) is 0. The summed E-state index contributed by atoms with van der Waals surface area (Å²) in [6.45, 7) is 8.61. The second kappa shape index (κ2) is 4.91. The van der Waals surface area contributed by atoms with E-state index in [2.05, 4.69) is 39.8 Å². The molecular formula is C12H17LiO. The van der Waals surface area contributed by atoms with Crippen LogP contribution in [0.15, 0.2) is 12.1 Å². The molecule has 2 heteroatoms. The normalized spacial score (nSPS) is 10.6. The first kappa shape index (κ1) is 13.6. The molecule has 0 aliphatic carbocycles. The fraction of sp³-hybridized carbons (Fsp3) is 0.500. The van der Waals surface area contributed by atoms with E-state index >= 15 is 0 Å². The van der Waals surface area contributed by atoms with Crippen LogP contribution in [0, 0.1) is 13.0 Å². The predicted octanol–water partition coefficient (Wildman–Crippen LogP) is 0.105. The summed E-state index contributed by atoms with van der Waals surface area (Å²) in [7, 11) is 1.69. The van der Waals surface area contributed by atoms with E-state index in [1.54, 1.807) is 7.11 Å². The molecule has 0 bridgehead atoms. The quantitative estimate of drug-likeness (QED) is 0.444. The first-order valence-corrected chi connectivity index (χ1v) is 4.52. The molecule has 1 rings (SSSR count). The van der Waals surface area contributed by atoms with Crippen molar-refractivity contribution in [3.63, 3.8) is 0 Å². The average molecular weight is 184 g/mol. The van der Waals surface area contributed by atoms with E-state index < -0.39 is 0 Å². The summed E-state index contributed by atoms with van der Waals surface area (Å²) >= 11 is 0. The Balaban J connectivity index is 0.00000169. The van der Waals surface area contributed by atoms with Crippen LogP contribution in [-0.4, -0.2) is 7.11 Å². The molecule has 0 spiro atoms. The van der Waals surface area contributed by atoms with Gasteiger partial charge in [-0.05, 0) is 0 Å². The largest absolute Gasteiger partial charge is 1.00 e. The smallest absolute Gasteiger partial charge is 0.522 e. The Morgan fingerprint density at radius 2 is 1.86 bits per heavy atom. The van der Waals surface area contributed by atoms with Gasteiger partial charge in [-0.1, -0.05) is 33.1 Å². The van der Waals surface area contributed by atoms with Gasteiger partial charge in [-0.2, -0.15) is 17.7 Å². The summed E-state index contributed by atoms with van der Waals surface area (Å²) in [5, 5.41) is 0. The Morgan fingerprint density at radius 3 is 2.29 bits per heavy atom. The Bertz CT molecular complexity index is 300. The predicted molar refractivity (Wildman–Crippen MR) is 55.3 cm³/mol. The van der Waals surface area contributed by atoms with Crippen LogP contribution >= 0.6 is 0 Å². The van der Waals surface area contributed by atoms with Crippen molar-refractivity contribution in [2.24, 2.45) is 0 Å². The number of methoxy groups -OCH3 is 1. The van der Waals surface area contributed by atoms with Gasteiger partial charge in [0.05, 0.1) is 7.11 Å². The van der Waals surface area contributed by atoms with Crippen molar-refractivity contribution in [2.45, 2.75) is 33.1 Å². The number of ether oxygens (including phenoxy) is 1. The molecule has 1 nitrogen and oxygen atoms in total. The van der Waals surface area contributed by atoms with Crippen LogP contribution in [0.25, 0.3) is 0 Å². The van der Waals surface area contributed by atoms with Crippen LogP contribution < -0.4 is 23.6 Å². The third kappa shape index (κ3) is 3.08. The molecule has 0 aromatic heterocycles. The molecule has 1 aromatic rings. The fourth-order valence-corrected chi connectivity index (χ4v) is 1.32. The summed E-state index contributed by atoms with van der Waals surface area (Å²) < 4.78 is 5.27. The minimum absolute atomic E-state index is 0. The topological polar surface area (TPSA) is 9.23 Å². The summed E-state index contributed by atoms with van der Waals surface area (Å²) in [6.07, 6.45) is 0. The fourth-order valence-electron chi connectivity index (χ4n) is 1.32. The van der Waals surface area contributed by atoms with Gasteiger partial charge >= 0.3 is 18.9 Å². The third-order valence-electron chi connectivity index (χ3n) is 2.06. The Morgan fingerprint density at radius 1 is 1.29 bits per heavy atom. The SMILES string of the molecule is COc1[c-]cc(C)cc1C(C)(C)C.[Li+]. The van der Waals surface area contributed by atoms with Crippen molar-refractivity contribution in [1.29, 1.82) is 0 Å². The first-order chi connectivity index (χ1) is 5.95. The molecule has 0 atom stereocenters. The van der Waals surface area contributed by atoms with E-state index in [0.717, 1.165) is 5.75 Å². The second-order valence-electron chi connectivity index (χ2n) is 4.37. The Kier molecular flexibility index (Phi) is 4.78. The van der Waals surface area contributed by atoms with E-state index in [4.69, 9.17) is 4.74 Å². The average Bonchev–Trinajstić information content (AvgIpc) is 2.03. The summed E-state index contributed by atoms with van der Waals surface area (Å²) in [5.41, 5.74) is 2.56. The maximum atomic E-state index is 5.27. The Labute approximate surface area is 99.0 Å². The molecule has 0 fully saturated rings. The first-order valence-electron chi connectivity index (χ1n) is 4.52. The zero-order valence-electron chi connectivity index (χ0n) is 10.1. The standard InChI is InChI=1S/C12H17O.Li/c1-9-6-7-11(13-5)10(8-9)12(2,3)4;/h6,8H,1-5H3;/q-1;+1. The van der Waals surface area contributed by atoms with Crippen molar-refractivity contribution in [3.8, 4) is 5.75 Å². The van der Waals surface area contributed by atoms with E-state index in [-0.39, 0.29) is 24.3 Å². The number of aryl methyl sites for hydroxylation is 1. The van der Waals surface area contributed by atoms with Gasteiger partial charge in [0.25, 0.3) is 0 Å². The molecule has 0 saturated heterocycles.